The Kier molecular flexibility index (Phi) is 4.28. The summed E-state index contributed by atoms with van der Waals surface area (Å²) in [6, 6.07) is 17.2. The summed E-state index contributed by atoms with van der Waals surface area (Å²) < 4.78 is 0. The maximum absolute atomic E-state index is 13.4. The summed E-state index contributed by atoms with van der Waals surface area (Å²) >= 11 is 1.25. The van der Waals surface area contributed by atoms with Crippen molar-refractivity contribution in [2.45, 2.75) is 19.4 Å². The molecule has 0 radical (unpaired) electrons. The van der Waals surface area contributed by atoms with Crippen LogP contribution in [0.3, 0.4) is 0 Å². The molecule has 0 saturated heterocycles. The normalized spacial score (nSPS) is 16.0. The van der Waals surface area contributed by atoms with Gasteiger partial charge in [0.2, 0.25) is 0 Å². The summed E-state index contributed by atoms with van der Waals surface area (Å²) in [4.78, 5) is 36.3. The number of carbonyl (C=O) groups is 2. The number of nitrogens with zero attached hydrogens (tertiary/aromatic N) is 2. The molecule has 4 heterocycles. The second-order valence-corrected chi connectivity index (χ2v) is 8.27. The van der Waals surface area contributed by atoms with Gasteiger partial charge in [-0.1, -0.05) is 24.3 Å². The van der Waals surface area contributed by atoms with Gasteiger partial charge in [-0.25, -0.2) is 0 Å². The number of rotatable bonds is 3. The van der Waals surface area contributed by atoms with E-state index in [1.54, 1.807) is 18.3 Å². The molecule has 6 heteroatoms. The van der Waals surface area contributed by atoms with Crippen molar-refractivity contribution in [3.05, 3.63) is 87.5 Å². The molecular weight excluding hydrogens is 382 g/mol. The fourth-order valence-electron chi connectivity index (χ4n) is 4.09. The number of nitrogens with one attached hydrogen (secondary N) is 1. The number of amides is 1. The summed E-state index contributed by atoms with van der Waals surface area (Å²) in [5, 5.41) is 1.20. The third-order valence-corrected chi connectivity index (χ3v) is 6.60. The Balaban J connectivity index is 1.63. The third kappa shape index (κ3) is 2.96. The lowest BCUT2D eigenvalue weighted by atomic mass is 9.94. The molecule has 0 spiro atoms. The van der Waals surface area contributed by atoms with Crippen LogP contribution >= 0.6 is 11.3 Å². The van der Waals surface area contributed by atoms with Gasteiger partial charge in [0, 0.05) is 29.3 Å². The minimum absolute atomic E-state index is 0.0214. The highest BCUT2D eigenvalue weighted by Crippen LogP contribution is 2.38. The molecule has 0 bridgehead atoms. The monoisotopic (exact) mass is 401 g/mol. The first kappa shape index (κ1) is 17.8. The molecular formula is C23H19N3O2S. The molecule has 3 aromatic heterocycles. The van der Waals surface area contributed by atoms with E-state index < -0.39 is 0 Å². The van der Waals surface area contributed by atoms with Gasteiger partial charge in [0.05, 0.1) is 15.4 Å². The predicted octanol–water partition coefficient (Wildman–Crippen LogP) is 4.61. The number of ketones is 1. The topological polar surface area (TPSA) is 66.1 Å². The minimum atomic E-state index is -0.289. The first-order chi connectivity index (χ1) is 14.1. The molecule has 4 aromatic rings. The Bertz CT molecular complexity index is 1230. The maximum atomic E-state index is 13.4. The van der Waals surface area contributed by atoms with E-state index in [1.807, 2.05) is 35.2 Å². The summed E-state index contributed by atoms with van der Waals surface area (Å²) in [6.45, 7) is 2.12. The fourth-order valence-corrected chi connectivity index (χ4v) is 4.95. The summed E-state index contributed by atoms with van der Waals surface area (Å²) in [5.41, 5.74) is 4.17. The highest BCUT2D eigenvalue weighted by Gasteiger charge is 2.36. The van der Waals surface area contributed by atoms with E-state index in [0.29, 0.717) is 16.3 Å². The van der Waals surface area contributed by atoms with E-state index in [9.17, 15) is 9.59 Å². The molecule has 1 amide bonds. The maximum Gasteiger partial charge on any atom is 0.264 e. The molecule has 1 aromatic carbocycles. The average molecular weight is 401 g/mol. The number of H-pyrrole nitrogens is 1. The number of thiophene rings is 1. The lowest BCUT2D eigenvalue weighted by Gasteiger charge is -2.35. The van der Waals surface area contributed by atoms with Gasteiger partial charge in [-0.15, -0.1) is 11.3 Å². The Labute approximate surface area is 172 Å². The van der Waals surface area contributed by atoms with E-state index in [2.05, 4.69) is 22.1 Å². The van der Waals surface area contributed by atoms with Gasteiger partial charge in [-0.05, 0) is 49.2 Å². The van der Waals surface area contributed by atoms with E-state index in [-0.39, 0.29) is 17.7 Å². The van der Waals surface area contributed by atoms with E-state index in [0.717, 1.165) is 23.3 Å². The molecule has 1 N–H and O–H groups in total. The smallest absolute Gasteiger partial charge is 0.264 e. The van der Waals surface area contributed by atoms with Crippen LogP contribution in [0.2, 0.25) is 0 Å². The molecule has 0 fully saturated rings. The van der Waals surface area contributed by atoms with Crippen molar-refractivity contribution in [2.75, 3.05) is 6.54 Å². The molecule has 1 aliphatic rings. The number of para-hydroxylation sites is 1. The summed E-state index contributed by atoms with van der Waals surface area (Å²) in [6.07, 6.45) is 2.54. The van der Waals surface area contributed by atoms with Crippen LogP contribution in [-0.4, -0.2) is 33.1 Å². The van der Waals surface area contributed by atoms with Crippen molar-refractivity contribution < 1.29 is 9.59 Å². The zero-order chi connectivity index (χ0) is 20.0. The standard InChI is InChI=1S/C23H19N3O2S/c1-14(27)19-9-10-20(29-19)23(28)26-13-11-16-15-6-2-3-7-17(15)25-21(16)22(26)18-8-4-5-12-24-18/h2-10,12,22,25H,11,13H2,1H3/t22-/m1/s1. The SMILES string of the molecule is CC(=O)c1ccc(C(=O)N2CCc3c([nH]c4ccccc34)[C@H]2c2ccccn2)s1. The van der Waals surface area contributed by atoms with Gasteiger partial charge in [0.25, 0.3) is 5.91 Å². The van der Waals surface area contributed by atoms with Crippen molar-refractivity contribution in [3.63, 3.8) is 0 Å². The van der Waals surface area contributed by atoms with E-state index >= 15 is 0 Å². The van der Waals surface area contributed by atoms with Crippen LogP contribution in [0, 0.1) is 0 Å². The molecule has 144 valence electrons. The van der Waals surface area contributed by atoms with Gasteiger partial charge in [0.15, 0.2) is 5.78 Å². The van der Waals surface area contributed by atoms with Crippen LogP contribution in [0.1, 0.15) is 49.3 Å². The molecule has 29 heavy (non-hydrogen) atoms. The number of hydrogen-bond donors (Lipinski definition) is 1. The van der Waals surface area contributed by atoms with Crippen molar-refractivity contribution in [1.29, 1.82) is 0 Å². The van der Waals surface area contributed by atoms with Crippen molar-refractivity contribution in [2.24, 2.45) is 0 Å². The molecule has 5 nitrogen and oxygen atoms in total. The molecule has 5 rings (SSSR count). The minimum Gasteiger partial charge on any atom is -0.356 e. The number of aromatic amines is 1. The van der Waals surface area contributed by atoms with E-state index in [1.165, 1.54) is 29.2 Å². The van der Waals surface area contributed by atoms with Gasteiger partial charge in [0.1, 0.15) is 6.04 Å². The van der Waals surface area contributed by atoms with Crippen LogP contribution < -0.4 is 0 Å². The van der Waals surface area contributed by atoms with Gasteiger partial charge in [-0.3, -0.25) is 14.6 Å². The molecule has 1 aliphatic heterocycles. The first-order valence-corrected chi connectivity index (χ1v) is 10.4. The quantitative estimate of drug-likeness (QED) is 0.510. The number of carbonyl (C=O) groups excluding carboxylic acids is 2. The highest BCUT2D eigenvalue weighted by molar-refractivity contribution is 7.15. The number of Topliss-reactive ketones (excluding diaryl/α,β-unsaturated/α-hetero) is 1. The molecule has 0 aliphatic carbocycles. The zero-order valence-electron chi connectivity index (χ0n) is 15.9. The summed E-state index contributed by atoms with van der Waals surface area (Å²) in [7, 11) is 0. The van der Waals surface area contributed by atoms with Crippen molar-refractivity contribution >= 4 is 33.9 Å². The predicted molar refractivity (Wildman–Crippen MR) is 113 cm³/mol. The number of pyridine rings is 1. The lowest BCUT2D eigenvalue weighted by Crippen LogP contribution is -2.40. The number of fused-ring (bicyclic) bond motifs is 3. The Morgan fingerprint density at radius 1 is 1.07 bits per heavy atom. The second-order valence-electron chi connectivity index (χ2n) is 7.19. The van der Waals surface area contributed by atoms with Crippen LogP contribution in [0.25, 0.3) is 10.9 Å². The number of aromatic nitrogens is 2. The van der Waals surface area contributed by atoms with Crippen molar-refractivity contribution in [1.82, 2.24) is 14.9 Å². The number of hydrogen-bond acceptors (Lipinski definition) is 4. The van der Waals surface area contributed by atoms with Crippen LogP contribution in [0.5, 0.6) is 0 Å². The average Bonchev–Trinajstić information content (AvgIpc) is 3.38. The molecule has 0 saturated carbocycles. The Morgan fingerprint density at radius 2 is 1.86 bits per heavy atom. The van der Waals surface area contributed by atoms with E-state index in [4.69, 9.17) is 0 Å². The van der Waals surface area contributed by atoms with Gasteiger partial charge >= 0.3 is 0 Å². The van der Waals surface area contributed by atoms with Gasteiger partial charge < -0.3 is 9.88 Å². The Hall–Kier alpha value is -3.25. The van der Waals surface area contributed by atoms with Crippen LogP contribution in [0.4, 0.5) is 0 Å². The first-order valence-electron chi connectivity index (χ1n) is 9.55. The lowest BCUT2D eigenvalue weighted by molar-refractivity contribution is 0.0693. The molecule has 1 atom stereocenters. The van der Waals surface area contributed by atoms with Crippen LogP contribution in [0.15, 0.2) is 60.8 Å². The highest BCUT2D eigenvalue weighted by atomic mass is 32.1. The Morgan fingerprint density at radius 3 is 2.62 bits per heavy atom. The fraction of sp³-hybridized carbons (Fsp3) is 0.174. The van der Waals surface area contributed by atoms with Crippen molar-refractivity contribution in [3.8, 4) is 0 Å². The largest absolute Gasteiger partial charge is 0.356 e. The number of benzene rings is 1. The van der Waals surface area contributed by atoms with Crippen LogP contribution in [-0.2, 0) is 6.42 Å². The third-order valence-electron chi connectivity index (χ3n) is 5.43. The summed E-state index contributed by atoms with van der Waals surface area (Å²) in [5.74, 6) is -0.0886. The molecule has 0 unspecified atom stereocenters. The zero-order valence-corrected chi connectivity index (χ0v) is 16.7. The van der Waals surface area contributed by atoms with Gasteiger partial charge in [-0.2, -0.15) is 0 Å². The second kappa shape index (κ2) is 6.97.